The minimum atomic E-state index is -3.86. The lowest BCUT2D eigenvalue weighted by Gasteiger charge is -2.40. The Morgan fingerprint density at radius 1 is 0.458 bits per heavy atom. The number of furan rings is 1. The summed E-state index contributed by atoms with van der Waals surface area (Å²) in [6, 6.07) is 68.2. The summed E-state index contributed by atoms with van der Waals surface area (Å²) in [6.45, 7) is 8.93. The highest BCUT2D eigenvalue weighted by Gasteiger charge is 2.43. The van der Waals surface area contributed by atoms with Gasteiger partial charge in [-0.05, 0) is 98.6 Å². The summed E-state index contributed by atoms with van der Waals surface area (Å²) in [7, 11) is -3.86. The second-order valence-corrected chi connectivity index (χ2v) is 22.2. The number of benzene rings is 9. The Hall–Kier alpha value is -8.46. The van der Waals surface area contributed by atoms with Gasteiger partial charge < -0.3 is 4.42 Å². The maximum absolute atomic E-state index is 14.8. The number of aromatic nitrogens is 4. The van der Waals surface area contributed by atoms with Crippen molar-refractivity contribution in [3.63, 3.8) is 0 Å². The molecular formula is C64H46N4O3S. The predicted octanol–water partition coefficient (Wildman–Crippen LogP) is 15.2. The van der Waals surface area contributed by atoms with Crippen LogP contribution in [0.3, 0.4) is 0 Å². The molecule has 1 aliphatic carbocycles. The Kier molecular flexibility index (Phi) is 9.00. The van der Waals surface area contributed by atoms with Crippen molar-refractivity contribution in [1.82, 2.24) is 19.5 Å². The van der Waals surface area contributed by atoms with Crippen LogP contribution in [-0.4, -0.2) is 27.9 Å². The van der Waals surface area contributed by atoms with Crippen LogP contribution in [0, 0.1) is 0 Å². The Balaban J connectivity index is 0.954. The SMILES string of the molecule is CC1(C)c2ccccc2C(c2ccc3c(c2)C(C)(C)c2cc(-c4ccc5c(c4)c4ccc6oc7ccccc7c6c4n5-c4nc(-c5ccccc5)nc(-c5ccccc5)n4)ccc2S3(=O)=O)c2ccccc21. The van der Waals surface area contributed by atoms with Crippen LogP contribution < -0.4 is 0 Å². The highest BCUT2D eigenvalue weighted by atomic mass is 32.2. The van der Waals surface area contributed by atoms with Gasteiger partial charge in [-0.2, -0.15) is 9.97 Å². The van der Waals surface area contributed by atoms with Gasteiger partial charge in [0.05, 0.1) is 26.2 Å². The van der Waals surface area contributed by atoms with Gasteiger partial charge in [0.2, 0.25) is 15.8 Å². The molecule has 0 fully saturated rings. The first-order valence-corrected chi connectivity index (χ1v) is 25.9. The molecule has 72 heavy (non-hydrogen) atoms. The number of fused-ring (bicyclic) bond motifs is 11. The summed E-state index contributed by atoms with van der Waals surface area (Å²) in [5.41, 5.74) is 13.9. The standard InChI is InChI=1S/C64H46N4O3S/c1-63(2)48-24-14-11-21-44(48)57(45-22-12-15-25-49(45)63)42-29-34-56-51(37-42)64(3,4)50-36-41(28-33-55(50)72(56,69)70)40-27-31-52-47(35-40)43-30-32-54-58(46-23-13-16-26-53(46)71-54)59(43)68(52)62-66-60(38-17-7-5-8-18-38)65-61(67-62)39-19-9-6-10-20-39/h5-37,57H,1-4H3. The highest BCUT2D eigenvalue weighted by molar-refractivity contribution is 7.91. The Morgan fingerprint density at radius 2 is 1.01 bits per heavy atom. The normalized spacial score (nSPS) is 15.3. The van der Waals surface area contributed by atoms with Crippen molar-refractivity contribution in [1.29, 1.82) is 0 Å². The Morgan fingerprint density at radius 3 is 1.69 bits per heavy atom. The largest absolute Gasteiger partial charge is 0.456 e. The van der Waals surface area contributed by atoms with Gasteiger partial charge >= 0.3 is 0 Å². The van der Waals surface area contributed by atoms with Crippen LogP contribution in [0.2, 0.25) is 0 Å². The average molecular weight is 951 g/mol. The smallest absolute Gasteiger partial charge is 0.238 e. The van der Waals surface area contributed by atoms with E-state index < -0.39 is 15.3 Å². The fourth-order valence-electron chi connectivity index (χ4n) is 12.1. The molecule has 8 heteroatoms. The number of hydrogen-bond donors (Lipinski definition) is 0. The van der Waals surface area contributed by atoms with Crippen LogP contribution in [0.15, 0.2) is 214 Å². The molecule has 0 N–H and O–H groups in total. The number of rotatable bonds is 5. The molecule has 0 spiro atoms. The molecule has 0 unspecified atom stereocenters. The van der Waals surface area contributed by atoms with E-state index in [1.807, 2.05) is 103 Å². The van der Waals surface area contributed by atoms with Crippen LogP contribution in [-0.2, 0) is 20.7 Å². The van der Waals surface area contributed by atoms with E-state index in [2.05, 4.69) is 129 Å². The van der Waals surface area contributed by atoms with Crippen LogP contribution in [0.4, 0.5) is 0 Å². The van der Waals surface area contributed by atoms with Crippen LogP contribution >= 0.6 is 0 Å². The van der Waals surface area contributed by atoms with Crippen molar-refractivity contribution in [2.75, 3.05) is 0 Å². The summed E-state index contributed by atoms with van der Waals surface area (Å²) >= 11 is 0. The van der Waals surface area contributed by atoms with Gasteiger partial charge in [-0.15, -0.1) is 0 Å². The first kappa shape index (κ1) is 42.4. The molecule has 4 heterocycles. The number of nitrogens with zero attached hydrogens (tertiary/aromatic N) is 4. The van der Waals surface area contributed by atoms with Gasteiger partial charge in [-0.25, -0.2) is 13.4 Å². The molecule has 0 saturated carbocycles. The van der Waals surface area contributed by atoms with Crippen molar-refractivity contribution < 1.29 is 12.8 Å². The summed E-state index contributed by atoms with van der Waals surface area (Å²) in [6.07, 6.45) is 0. The third-order valence-corrected chi connectivity index (χ3v) is 17.5. The summed E-state index contributed by atoms with van der Waals surface area (Å²) < 4.78 is 38.3. The van der Waals surface area contributed by atoms with E-state index >= 15 is 0 Å². The number of sulfone groups is 1. The summed E-state index contributed by atoms with van der Waals surface area (Å²) in [5, 5.41) is 3.95. The molecule has 2 aliphatic rings. The minimum absolute atomic E-state index is 0.0514. The monoisotopic (exact) mass is 950 g/mol. The summed E-state index contributed by atoms with van der Waals surface area (Å²) in [4.78, 5) is 16.2. The predicted molar refractivity (Wildman–Crippen MR) is 288 cm³/mol. The molecule has 0 atom stereocenters. The van der Waals surface area contributed by atoms with Crippen molar-refractivity contribution >= 4 is 53.6 Å². The molecule has 9 aromatic carbocycles. The Bertz CT molecular complexity index is 4250. The molecule has 0 bridgehead atoms. The lowest BCUT2D eigenvalue weighted by Crippen LogP contribution is -2.31. The van der Waals surface area contributed by atoms with Crippen molar-refractivity contribution in [2.45, 2.75) is 54.2 Å². The molecule has 0 saturated heterocycles. The quantitative estimate of drug-likeness (QED) is 0.171. The maximum atomic E-state index is 14.8. The van der Waals surface area contributed by atoms with Crippen LogP contribution in [0.25, 0.3) is 83.6 Å². The third kappa shape index (κ3) is 6.08. The second kappa shape index (κ2) is 15.3. The van der Waals surface area contributed by atoms with Gasteiger partial charge in [0, 0.05) is 44.0 Å². The fraction of sp³-hybridized carbons (Fsp3) is 0.109. The summed E-state index contributed by atoms with van der Waals surface area (Å²) in [5.74, 6) is 1.56. The molecule has 346 valence electrons. The zero-order valence-corrected chi connectivity index (χ0v) is 40.9. The van der Waals surface area contributed by atoms with Gasteiger partial charge in [0.15, 0.2) is 11.6 Å². The van der Waals surface area contributed by atoms with E-state index in [4.69, 9.17) is 19.4 Å². The average Bonchev–Trinajstić information content (AvgIpc) is 3.96. The van der Waals surface area contributed by atoms with E-state index in [1.54, 1.807) is 0 Å². The third-order valence-electron chi connectivity index (χ3n) is 15.6. The first-order valence-electron chi connectivity index (χ1n) is 24.5. The number of para-hydroxylation sites is 1. The van der Waals surface area contributed by atoms with Crippen molar-refractivity contribution in [3.8, 4) is 39.9 Å². The fourth-order valence-corrected chi connectivity index (χ4v) is 14.0. The zero-order chi connectivity index (χ0) is 48.7. The molecule has 3 aromatic heterocycles. The van der Waals surface area contributed by atoms with E-state index in [-0.39, 0.29) is 11.3 Å². The minimum Gasteiger partial charge on any atom is -0.456 e. The molecule has 7 nitrogen and oxygen atoms in total. The Labute approximate surface area is 417 Å². The van der Waals surface area contributed by atoms with Crippen LogP contribution in [0.1, 0.15) is 72.6 Å². The second-order valence-electron chi connectivity index (χ2n) is 20.3. The topological polar surface area (TPSA) is 90.9 Å². The van der Waals surface area contributed by atoms with E-state index in [9.17, 15) is 8.42 Å². The number of hydrogen-bond acceptors (Lipinski definition) is 6. The highest BCUT2D eigenvalue weighted by Crippen LogP contribution is 2.52. The maximum Gasteiger partial charge on any atom is 0.238 e. The van der Waals surface area contributed by atoms with Gasteiger partial charge in [0.25, 0.3) is 0 Å². The zero-order valence-electron chi connectivity index (χ0n) is 40.1. The van der Waals surface area contributed by atoms with Gasteiger partial charge in [-0.3, -0.25) is 4.57 Å². The van der Waals surface area contributed by atoms with Crippen molar-refractivity contribution in [3.05, 3.63) is 239 Å². The van der Waals surface area contributed by atoms with Gasteiger partial charge in [-0.1, -0.05) is 179 Å². The van der Waals surface area contributed by atoms with E-state index in [0.29, 0.717) is 27.4 Å². The molecule has 0 radical (unpaired) electrons. The molecule has 0 amide bonds. The lowest BCUT2D eigenvalue weighted by atomic mass is 9.63. The molecular weight excluding hydrogens is 905 g/mol. The molecule has 14 rings (SSSR count). The molecule has 1 aliphatic heterocycles. The van der Waals surface area contributed by atoms with E-state index in [1.165, 1.54) is 22.3 Å². The first-order chi connectivity index (χ1) is 35.0. The van der Waals surface area contributed by atoms with Gasteiger partial charge in [0.1, 0.15) is 11.2 Å². The lowest BCUT2D eigenvalue weighted by molar-refractivity contribution is 0.554. The molecule has 12 aromatic rings. The van der Waals surface area contributed by atoms with E-state index in [0.717, 1.165) is 82.7 Å². The van der Waals surface area contributed by atoms with Crippen molar-refractivity contribution in [2.24, 2.45) is 0 Å². The van der Waals surface area contributed by atoms with Crippen LogP contribution in [0.5, 0.6) is 0 Å².